The Kier molecular flexibility index (Phi) is 5.35. The molecule has 0 saturated carbocycles. The summed E-state index contributed by atoms with van der Waals surface area (Å²) in [5.74, 6) is 0.611. The van der Waals surface area contributed by atoms with Crippen molar-refractivity contribution >= 4 is 27.8 Å². The highest BCUT2D eigenvalue weighted by atomic mass is 79.9. The fourth-order valence-corrected chi connectivity index (χ4v) is 3.08. The number of benzene rings is 2. The van der Waals surface area contributed by atoms with Gasteiger partial charge in [-0.2, -0.15) is 5.10 Å². The summed E-state index contributed by atoms with van der Waals surface area (Å²) in [6.45, 7) is 3.26. The Morgan fingerprint density at radius 3 is 2.62 bits per heavy atom. The summed E-state index contributed by atoms with van der Waals surface area (Å²) in [5.41, 5.74) is 1.58. The van der Waals surface area contributed by atoms with Crippen LogP contribution in [0.2, 0.25) is 0 Å². The number of ether oxygens (including phenoxy) is 1. The molecule has 6 heteroatoms. The van der Waals surface area contributed by atoms with Crippen LogP contribution in [0.1, 0.15) is 5.56 Å². The molecular weight excluding hydrogens is 373 g/mol. The van der Waals surface area contributed by atoms with E-state index in [1.165, 1.54) is 6.07 Å². The maximum absolute atomic E-state index is 13.7. The molecular formula is C18H19BrFN3O. The highest BCUT2D eigenvalue weighted by Crippen LogP contribution is 2.28. The first-order chi connectivity index (χ1) is 11.7. The van der Waals surface area contributed by atoms with Gasteiger partial charge in [-0.1, -0.05) is 28.1 Å². The van der Waals surface area contributed by atoms with Crippen molar-refractivity contribution in [2.45, 2.75) is 0 Å². The summed E-state index contributed by atoms with van der Waals surface area (Å²) in [7, 11) is 1.69. The summed E-state index contributed by atoms with van der Waals surface area (Å²) in [4.78, 5) is 2.28. The molecule has 3 rings (SSSR count). The minimum Gasteiger partial charge on any atom is -0.495 e. The second-order valence-corrected chi connectivity index (χ2v) is 6.44. The summed E-state index contributed by atoms with van der Waals surface area (Å²) in [5, 5.41) is 6.38. The Bertz CT molecular complexity index is 730. The molecule has 0 atom stereocenters. The fourth-order valence-electron chi connectivity index (χ4n) is 2.70. The Morgan fingerprint density at radius 1 is 1.12 bits per heavy atom. The topological polar surface area (TPSA) is 28.1 Å². The van der Waals surface area contributed by atoms with Gasteiger partial charge in [0.2, 0.25) is 0 Å². The standard InChI is InChI=1S/C18H19BrFN3O/c1-24-18-5-3-2-4-17(18)22-8-10-23(11-9-22)21-13-14-12-15(19)6-7-16(14)20/h2-7,12-13H,8-11H2,1H3. The second kappa shape index (κ2) is 7.66. The number of para-hydroxylation sites is 2. The van der Waals surface area contributed by atoms with Gasteiger partial charge in [0.1, 0.15) is 11.6 Å². The molecule has 0 radical (unpaired) electrons. The lowest BCUT2D eigenvalue weighted by Crippen LogP contribution is -2.44. The van der Waals surface area contributed by atoms with Gasteiger partial charge in [-0.15, -0.1) is 0 Å². The van der Waals surface area contributed by atoms with Crippen LogP contribution in [0.4, 0.5) is 10.1 Å². The predicted molar refractivity (Wildman–Crippen MR) is 98.5 cm³/mol. The van der Waals surface area contributed by atoms with Crippen molar-refractivity contribution in [1.82, 2.24) is 5.01 Å². The third-order valence-corrected chi connectivity index (χ3v) is 4.49. The van der Waals surface area contributed by atoms with E-state index in [-0.39, 0.29) is 5.82 Å². The number of nitrogens with zero attached hydrogens (tertiary/aromatic N) is 3. The van der Waals surface area contributed by atoms with Crippen LogP contribution in [0.3, 0.4) is 0 Å². The molecule has 0 spiro atoms. The maximum Gasteiger partial charge on any atom is 0.142 e. The van der Waals surface area contributed by atoms with Crippen molar-refractivity contribution in [2.75, 3.05) is 38.2 Å². The number of hydrogen-bond acceptors (Lipinski definition) is 4. The van der Waals surface area contributed by atoms with Crippen LogP contribution < -0.4 is 9.64 Å². The molecule has 1 heterocycles. The molecule has 0 aromatic heterocycles. The van der Waals surface area contributed by atoms with E-state index in [0.29, 0.717) is 5.56 Å². The largest absolute Gasteiger partial charge is 0.495 e. The SMILES string of the molecule is COc1ccccc1N1CCN(N=Cc2cc(Br)ccc2F)CC1. The number of hydrogen-bond donors (Lipinski definition) is 0. The second-order valence-electron chi connectivity index (χ2n) is 5.52. The number of rotatable bonds is 4. The molecule has 1 saturated heterocycles. The van der Waals surface area contributed by atoms with E-state index in [1.807, 2.05) is 23.2 Å². The summed E-state index contributed by atoms with van der Waals surface area (Å²) >= 11 is 3.35. The van der Waals surface area contributed by atoms with Crippen LogP contribution in [0.25, 0.3) is 0 Å². The zero-order valence-corrected chi connectivity index (χ0v) is 15.0. The van der Waals surface area contributed by atoms with Gasteiger partial charge in [0, 0.05) is 23.1 Å². The van der Waals surface area contributed by atoms with Crippen LogP contribution >= 0.6 is 15.9 Å². The quantitative estimate of drug-likeness (QED) is 0.742. The molecule has 126 valence electrons. The van der Waals surface area contributed by atoms with E-state index in [0.717, 1.165) is 42.1 Å². The minimum atomic E-state index is -0.269. The minimum absolute atomic E-state index is 0.269. The van der Waals surface area contributed by atoms with Gasteiger partial charge < -0.3 is 9.64 Å². The third-order valence-electron chi connectivity index (χ3n) is 4.00. The number of halogens is 2. The van der Waals surface area contributed by atoms with Crippen molar-refractivity contribution in [2.24, 2.45) is 5.10 Å². The lowest BCUT2D eigenvalue weighted by Gasteiger charge is -2.35. The van der Waals surface area contributed by atoms with Crippen LogP contribution in [0.5, 0.6) is 5.75 Å². The van der Waals surface area contributed by atoms with Gasteiger partial charge in [-0.3, -0.25) is 5.01 Å². The van der Waals surface area contributed by atoms with E-state index in [4.69, 9.17) is 4.74 Å². The van der Waals surface area contributed by atoms with E-state index < -0.39 is 0 Å². The number of anilines is 1. The number of piperazine rings is 1. The molecule has 2 aromatic carbocycles. The molecule has 0 aliphatic carbocycles. The lowest BCUT2D eigenvalue weighted by atomic mass is 10.2. The molecule has 24 heavy (non-hydrogen) atoms. The summed E-state index contributed by atoms with van der Waals surface area (Å²) < 4.78 is 20.0. The van der Waals surface area contributed by atoms with Crippen LogP contribution in [0.15, 0.2) is 52.0 Å². The Balaban J connectivity index is 1.63. The average molecular weight is 392 g/mol. The van der Waals surface area contributed by atoms with E-state index in [1.54, 1.807) is 25.5 Å². The fraction of sp³-hybridized carbons (Fsp3) is 0.278. The Hall–Kier alpha value is -2.08. The van der Waals surface area contributed by atoms with E-state index >= 15 is 0 Å². The predicted octanol–water partition coefficient (Wildman–Crippen LogP) is 3.75. The summed E-state index contributed by atoms with van der Waals surface area (Å²) in [6.07, 6.45) is 1.58. The molecule has 1 aliphatic rings. The van der Waals surface area contributed by atoms with Crippen LogP contribution in [-0.4, -0.2) is 44.5 Å². The van der Waals surface area contributed by atoms with Crippen LogP contribution in [0, 0.1) is 5.82 Å². The molecule has 2 aromatic rings. The summed E-state index contributed by atoms with van der Waals surface area (Å²) in [6, 6.07) is 12.9. The van der Waals surface area contributed by atoms with Crippen molar-refractivity contribution in [3.05, 3.63) is 58.3 Å². The van der Waals surface area contributed by atoms with E-state index in [9.17, 15) is 4.39 Å². The Labute approximate surface area is 149 Å². The third kappa shape index (κ3) is 3.87. The maximum atomic E-state index is 13.7. The molecule has 1 aliphatic heterocycles. The van der Waals surface area contributed by atoms with E-state index in [2.05, 4.69) is 32.0 Å². The number of methoxy groups -OCH3 is 1. The van der Waals surface area contributed by atoms with Crippen molar-refractivity contribution in [3.8, 4) is 5.75 Å². The normalized spacial score (nSPS) is 15.1. The van der Waals surface area contributed by atoms with Crippen molar-refractivity contribution in [3.63, 3.8) is 0 Å². The molecule has 0 unspecified atom stereocenters. The molecule has 0 N–H and O–H groups in total. The first-order valence-electron chi connectivity index (χ1n) is 7.79. The molecule has 1 fully saturated rings. The van der Waals surface area contributed by atoms with Crippen molar-refractivity contribution in [1.29, 1.82) is 0 Å². The monoisotopic (exact) mass is 391 g/mol. The highest BCUT2D eigenvalue weighted by Gasteiger charge is 2.18. The molecule has 0 amide bonds. The first-order valence-corrected chi connectivity index (χ1v) is 8.58. The Morgan fingerprint density at radius 2 is 1.88 bits per heavy atom. The van der Waals surface area contributed by atoms with Crippen molar-refractivity contribution < 1.29 is 9.13 Å². The molecule has 4 nitrogen and oxygen atoms in total. The zero-order valence-electron chi connectivity index (χ0n) is 13.5. The first kappa shape index (κ1) is 16.8. The molecule has 0 bridgehead atoms. The van der Waals surface area contributed by atoms with Gasteiger partial charge in [0.25, 0.3) is 0 Å². The zero-order chi connectivity index (χ0) is 16.9. The van der Waals surface area contributed by atoms with Gasteiger partial charge in [0.15, 0.2) is 0 Å². The van der Waals surface area contributed by atoms with Crippen LogP contribution in [-0.2, 0) is 0 Å². The lowest BCUT2D eigenvalue weighted by molar-refractivity contribution is 0.271. The van der Waals surface area contributed by atoms with Gasteiger partial charge >= 0.3 is 0 Å². The highest BCUT2D eigenvalue weighted by molar-refractivity contribution is 9.10. The number of hydrazone groups is 1. The average Bonchev–Trinajstić information content (AvgIpc) is 2.63. The van der Waals surface area contributed by atoms with Gasteiger partial charge in [0.05, 0.1) is 32.1 Å². The smallest absolute Gasteiger partial charge is 0.142 e. The van der Waals surface area contributed by atoms with Gasteiger partial charge in [-0.05, 0) is 30.3 Å². The van der Waals surface area contributed by atoms with Gasteiger partial charge in [-0.25, -0.2) is 4.39 Å².